The quantitative estimate of drug-likeness (QED) is 0.0466. The van der Waals surface area contributed by atoms with E-state index in [4.69, 9.17) is 0 Å². The van der Waals surface area contributed by atoms with Crippen molar-refractivity contribution in [1.82, 2.24) is 5.32 Å². The Morgan fingerprint density at radius 2 is 0.604 bits per heavy atom. The van der Waals surface area contributed by atoms with Crippen LogP contribution in [0, 0.1) is 0 Å². The number of carbonyl (C=O) groups is 1. The highest BCUT2D eigenvalue weighted by molar-refractivity contribution is 5.80. The minimum atomic E-state index is -1.07. The second kappa shape index (κ2) is 44.1. The largest absolute Gasteiger partial charge is 0.394 e. The van der Waals surface area contributed by atoms with Crippen molar-refractivity contribution in [1.29, 1.82) is 0 Å². The molecule has 0 heterocycles. The van der Waals surface area contributed by atoms with Crippen LogP contribution in [0.15, 0.2) is 0 Å². The van der Waals surface area contributed by atoms with Crippen molar-refractivity contribution >= 4 is 5.91 Å². The molecule has 0 radical (unpaired) electrons. The Balaban J connectivity index is 3.54. The first kappa shape index (κ1) is 52.3. The van der Waals surface area contributed by atoms with E-state index in [1.54, 1.807) is 0 Å². The maximum Gasteiger partial charge on any atom is 0.249 e. The first-order valence-corrected chi connectivity index (χ1v) is 24.3. The zero-order valence-corrected chi connectivity index (χ0v) is 36.2. The number of amides is 1. The predicted octanol–water partition coefficient (Wildman–Crippen LogP) is 14.2. The van der Waals surface area contributed by atoms with E-state index in [-0.39, 0.29) is 6.61 Å². The van der Waals surface area contributed by atoms with Crippen LogP contribution in [0.4, 0.5) is 0 Å². The van der Waals surface area contributed by atoms with Crippen molar-refractivity contribution in [2.24, 2.45) is 0 Å². The van der Waals surface area contributed by atoms with E-state index in [0.717, 1.165) is 32.1 Å². The van der Waals surface area contributed by atoms with Crippen LogP contribution >= 0.6 is 0 Å². The monoisotopic (exact) mass is 752 g/mol. The Labute approximate surface area is 332 Å². The topological polar surface area (TPSA) is 89.8 Å². The number of unbranched alkanes of at least 4 members (excludes halogenated alkanes) is 37. The summed E-state index contributed by atoms with van der Waals surface area (Å²) in [5, 5.41) is 33.4. The van der Waals surface area contributed by atoms with E-state index in [2.05, 4.69) is 19.2 Å². The highest BCUT2D eigenvalue weighted by atomic mass is 16.3. The van der Waals surface area contributed by atoms with Crippen LogP contribution in [0.2, 0.25) is 0 Å². The highest BCUT2D eigenvalue weighted by Gasteiger charge is 2.23. The summed E-state index contributed by atoms with van der Waals surface area (Å²) in [4.78, 5) is 12.5. The second-order valence-electron chi connectivity index (χ2n) is 17.0. The van der Waals surface area contributed by atoms with Gasteiger partial charge in [-0.2, -0.15) is 0 Å². The van der Waals surface area contributed by atoms with Gasteiger partial charge in [0.25, 0.3) is 0 Å². The molecule has 0 aliphatic heterocycles. The van der Waals surface area contributed by atoms with Crippen LogP contribution in [0.3, 0.4) is 0 Å². The van der Waals surface area contributed by atoms with Gasteiger partial charge in [0.15, 0.2) is 0 Å². The summed E-state index contributed by atoms with van der Waals surface area (Å²) in [5.74, 6) is -0.464. The summed E-state index contributed by atoms with van der Waals surface area (Å²) in [6.45, 7) is 4.26. The Hall–Kier alpha value is -0.650. The van der Waals surface area contributed by atoms with E-state index < -0.39 is 24.2 Å². The van der Waals surface area contributed by atoms with Gasteiger partial charge in [0.2, 0.25) is 5.91 Å². The first-order chi connectivity index (χ1) is 26.1. The van der Waals surface area contributed by atoms with E-state index in [9.17, 15) is 20.1 Å². The van der Waals surface area contributed by atoms with Gasteiger partial charge >= 0.3 is 0 Å². The molecule has 53 heavy (non-hydrogen) atoms. The summed E-state index contributed by atoms with van der Waals surface area (Å²) in [5.41, 5.74) is 0. The molecule has 0 aliphatic carbocycles. The van der Waals surface area contributed by atoms with Gasteiger partial charge in [-0.05, 0) is 12.8 Å². The van der Waals surface area contributed by atoms with Gasteiger partial charge in [-0.1, -0.05) is 264 Å². The summed E-state index contributed by atoms with van der Waals surface area (Å²) in [6, 6.07) is -0.706. The van der Waals surface area contributed by atoms with Gasteiger partial charge in [-0.25, -0.2) is 0 Å². The highest BCUT2D eigenvalue weighted by Crippen LogP contribution is 2.18. The number of aliphatic hydroxyl groups is 3. The molecule has 3 unspecified atom stereocenters. The summed E-state index contributed by atoms with van der Waals surface area (Å²) < 4.78 is 0. The lowest BCUT2D eigenvalue weighted by atomic mass is 10.0. The molecule has 318 valence electrons. The number of rotatable bonds is 45. The number of hydrogen-bond donors (Lipinski definition) is 4. The lowest BCUT2D eigenvalue weighted by molar-refractivity contribution is -0.131. The van der Waals surface area contributed by atoms with Gasteiger partial charge in [0.05, 0.1) is 18.8 Å². The van der Waals surface area contributed by atoms with Crippen molar-refractivity contribution in [2.75, 3.05) is 6.61 Å². The molecule has 0 saturated heterocycles. The Morgan fingerprint density at radius 1 is 0.377 bits per heavy atom. The molecule has 0 fully saturated rings. The first-order valence-electron chi connectivity index (χ1n) is 24.3. The average Bonchev–Trinajstić information content (AvgIpc) is 3.16. The number of carbonyl (C=O) groups excluding carboxylic acids is 1. The molecular weight excluding hydrogens is 655 g/mol. The van der Waals surface area contributed by atoms with Gasteiger partial charge < -0.3 is 20.6 Å². The Morgan fingerprint density at radius 3 is 0.849 bits per heavy atom. The van der Waals surface area contributed by atoms with Crippen LogP contribution in [0.25, 0.3) is 0 Å². The van der Waals surface area contributed by atoms with Crippen molar-refractivity contribution < 1.29 is 20.1 Å². The fourth-order valence-electron chi connectivity index (χ4n) is 7.90. The van der Waals surface area contributed by atoms with Gasteiger partial charge in [0.1, 0.15) is 6.10 Å². The van der Waals surface area contributed by atoms with Crippen molar-refractivity contribution in [3.63, 3.8) is 0 Å². The van der Waals surface area contributed by atoms with Crippen molar-refractivity contribution in [3.8, 4) is 0 Å². The summed E-state index contributed by atoms with van der Waals surface area (Å²) >= 11 is 0. The van der Waals surface area contributed by atoms with Crippen molar-refractivity contribution in [2.45, 2.75) is 295 Å². The third kappa shape index (κ3) is 39.4. The zero-order chi connectivity index (χ0) is 38.7. The molecule has 0 rings (SSSR count). The molecule has 0 aliphatic rings. The normalized spacial score (nSPS) is 13.4. The van der Waals surface area contributed by atoms with Gasteiger partial charge in [-0.15, -0.1) is 0 Å². The van der Waals surface area contributed by atoms with E-state index >= 15 is 0 Å². The number of aliphatic hydroxyl groups excluding tert-OH is 3. The predicted molar refractivity (Wildman–Crippen MR) is 232 cm³/mol. The lowest BCUT2D eigenvalue weighted by Crippen LogP contribution is -2.49. The minimum absolute atomic E-state index is 0.308. The maximum absolute atomic E-state index is 12.5. The summed E-state index contributed by atoms with van der Waals surface area (Å²) in [7, 11) is 0. The molecule has 3 atom stereocenters. The maximum atomic E-state index is 12.5. The fourth-order valence-corrected chi connectivity index (χ4v) is 7.90. The molecule has 0 aromatic heterocycles. The zero-order valence-electron chi connectivity index (χ0n) is 36.2. The second-order valence-corrected chi connectivity index (χ2v) is 17.0. The van der Waals surface area contributed by atoms with Crippen LogP contribution in [0.1, 0.15) is 277 Å². The molecule has 0 bridgehead atoms. The van der Waals surface area contributed by atoms with E-state index in [0.29, 0.717) is 12.8 Å². The molecule has 0 aromatic rings. The van der Waals surface area contributed by atoms with E-state index in [1.165, 1.54) is 218 Å². The van der Waals surface area contributed by atoms with Gasteiger partial charge in [0, 0.05) is 0 Å². The Kier molecular flexibility index (Phi) is 43.5. The molecule has 4 N–H and O–H groups in total. The van der Waals surface area contributed by atoms with Crippen LogP contribution in [-0.2, 0) is 4.79 Å². The van der Waals surface area contributed by atoms with Crippen molar-refractivity contribution in [3.05, 3.63) is 0 Å². The molecular formula is C48H97NO4. The van der Waals surface area contributed by atoms with Crippen LogP contribution in [-0.4, -0.2) is 46.1 Å². The SMILES string of the molecule is CCCCCCCCCCCCCCCCCCCCCCCC(O)C(=O)NC(CO)C(O)CCCCCCCCCCCCCCCCCCCC. The molecule has 0 spiro atoms. The smallest absolute Gasteiger partial charge is 0.249 e. The molecule has 0 saturated carbocycles. The summed E-state index contributed by atoms with van der Waals surface area (Å²) in [6.07, 6.45) is 51.1. The van der Waals surface area contributed by atoms with E-state index in [1.807, 2.05) is 0 Å². The third-order valence-electron chi connectivity index (χ3n) is 11.7. The molecule has 5 heteroatoms. The Bertz CT molecular complexity index is 703. The van der Waals surface area contributed by atoms with Crippen LogP contribution in [0.5, 0.6) is 0 Å². The van der Waals surface area contributed by atoms with Crippen LogP contribution < -0.4 is 5.32 Å². The van der Waals surface area contributed by atoms with Gasteiger partial charge in [-0.3, -0.25) is 4.79 Å². The fraction of sp³-hybridized carbons (Fsp3) is 0.979. The molecule has 5 nitrogen and oxygen atoms in total. The minimum Gasteiger partial charge on any atom is -0.394 e. The molecule has 0 aromatic carbocycles. The third-order valence-corrected chi connectivity index (χ3v) is 11.7. The average molecular weight is 752 g/mol. The molecule has 1 amide bonds. The standard InChI is InChI=1S/C48H97NO4/c1-3-5-7-9-11-13-15-17-19-21-23-24-25-27-29-31-33-35-37-39-41-43-47(52)48(53)49-45(44-50)46(51)42-40-38-36-34-32-30-28-26-22-20-18-16-14-12-10-8-6-4-2/h45-47,50-52H,3-44H2,1-2H3,(H,49,53). The number of hydrogen-bond acceptors (Lipinski definition) is 4. The lowest BCUT2D eigenvalue weighted by Gasteiger charge is -2.23. The number of nitrogens with one attached hydrogen (secondary N) is 1.